The molecule has 0 spiro atoms. The minimum Gasteiger partial charge on any atom is -0.335 e. The van der Waals surface area contributed by atoms with Crippen LogP contribution in [0, 0.1) is 5.82 Å². The van der Waals surface area contributed by atoms with Crippen LogP contribution in [0.15, 0.2) is 67.0 Å². The molecule has 4 nitrogen and oxygen atoms in total. The second-order valence-corrected chi connectivity index (χ2v) is 6.60. The Morgan fingerprint density at radius 2 is 1.88 bits per heavy atom. The summed E-state index contributed by atoms with van der Waals surface area (Å²) in [4.78, 5) is 14.7. The van der Waals surface area contributed by atoms with E-state index in [1.165, 1.54) is 12.1 Å². The highest BCUT2D eigenvalue weighted by Crippen LogP contribution is 2.32. The standard InChI is InChI=1S/C21H20FN3O/c22-18-10-8-17(9-11-18)20-7-4-12-24(20)21(26)13-16-14-23-25(15-16)19-5-2-1-3-6-19/h1-3,5-6,8-11,14-15,20H,4,7,12-13H2. The van der Waals surface area contributed by atoms with Crippen molar-refractivity contribution in [3.05, 3.63) is 83.9 Å². The zero-order valence-corrected chi connectivity index (χ0v) is 14.4. The van der Waals surface area contributed by atoms with Crippen molar-refractivity contribution in [1.29, 1.82) is 0 Å². The summed E-state index contributed by atoms with van der Waals surface area (Å²) in [6, 6.07) is 16.3. The molecule has 132 valence electrons. The monoisotopic (exact) mass is 349 g/mol. The molecule has 0 radical (unpaired) electrons. The molecule has 1 aromatic heterocycles. The van der Waals surface area contributed by atoms with E-state index in [1.807, 2.05) is 41.4 Å². The van der Waals surface area contributed by atoms with Gasteiger partial charge < -0.3 is 4.90 Å². The zero-order chi connectivity index (χ0) is 17.9. The fourth-order valence-corrected chi connectivity index (χ4v) is 3.55. The van der Waals surface area contributed by atoms with E-state index in [0.717, 1.165) is 36.2 Å². The number of rotatable bonds is 4. The molecule has 2 heterocycles. The van der Waals surface area contributed by atoms with Crippen LogP contribution in [-0.4, -0.2) is 27.1 Å². The Bertz CT molecular complexity index is 889. The smallest absolute Gasteiger partial charge is 0.227 e. The van der Waals surface area contributed by atoms with Gasteiger partial charge in [-0.1, -0.05) is 30.3 Å². The van der Waals surface area contributed by atoms with E-state index >= 15 is 0 Å². The van der Waals surface area contributed by atoms with Gasteiger partial charge in [-0.15, -0.1) is 0 Å². The largest absolute Gasteiger partial charge is 0.335 e. The van der Waals surface area contributed by atoms with Gasteiger partial charge in [-0.25, -0.2) is 9.07 Å². The van der Waals surface area contributed by atoms with Gasteiger partial charge in [0.15, 0.2) is 0 Å². The number of likely N-dealkylation sites (tertiary alicyclic amines) is 1. The van der Waals surface area contributed by atoms with Crippen molar-refractivity contribution in [2.45, 2.75) is 25.3 Å². The van der Waals surface area contributed by atoms with E-state index in [-0.39, 0.29) is 17.8 Å². The lowest BCUT2D eigenvalue weighted by Crippen LogP contribution is -2.31. The molecule has 1 saturated heterocycles. The van der Waals surface area contributed by atoms with E-state index in [1.54, 1.807) is 23.0 Å². The second kappa shape index (κ2) is 7.12. The third-order valence-corrected chi connectivity index (χ3v) is 4.84. The summed E-state index contributed by atoms with van der Waals surface area (Å²) >= 11 is 0. The average molecular weight is 349 g/mol. The normalized spacial score (nSPS) is 16.8. The number of hydrogen-bond donors (Lipinski definition) is 0. The summed E-state index contributed by atoms with van der Waals surface area (Å²) in [5, 5.41) is 4.36. The molecular formula is C21H20FN3O. The Labute approximate surface area is 151 Å². The van der Waals surface area contributed by atoms with Crippen molar-refractivity contribution in [2.24, 2.45) is 0 Å². The number of benzene rings is 2. The fraction of sp³-hybridized carbons (Fsp3) is 0.238. The van der Waals surface area contributed by atoms with Crippen LogP contribution < -0.4 is 0 Å². The van der Waals surface area contributed by atoms with Crippen molar-refractivity contribution < 1.29 is 9.18 Å². The van der Waals surface area contributed by atoms with Crippen LogP contribution in [0.3, 0.4) is 0 Å². The summed E-state index contributed by atoms with van der Waals surface area (Å²) in [6.07, 6.45) is 5.85. The molecule has 1 atom stereocenters. The Hall–Kier alpha value is -2.95. The molecule has 0 bridgehead atoms. The lowest BCUT2D eigenvalue weighted by molar-refractivity contribution is -0.131. The number of hydrogen-bond acceptors (Lipinski definition) is 2. The highest BCUT2D eigenvalue weighted by Gasteiger charge is 2.29. The quantitative estimate of drug-likeness (QED) is 0.716. The van der Waals surface area contributed by atoms with Gasteiger partial charge in [0, 0.05) is 12.7 Å². The van der Waals surface area contributed by atoms with Gasteiger partial charge in [-0.2, -0.15) is 5.10 Å². The number of carbonyl (C=O) groups is 1. The molecule has 0 aliphatic carbocycles. The number of carbonyl (C=O) groups excluding carboxylic acids is 1. The molecular weight excluding hydrogens is 329 g/mol. The maximum Gasteiger partial charge on any atom is 0.227 e. The minimum atomic E-state index is -0.252. The summed E-state index contributed by atoms with van der Waals surface area (Å²) in [7, 11) is 0. The zero-order valence-electron chi connectivity index (χ0n) is 14.4. The number of nitrogens with zero attached hydrogens (tertiary/aromatic N) is 3. The van der Waals surface area contributed by atoms with Crippen LogP contribution in [0.2, 0.25) is 0 Å². The van der Waals surface area contributed by atoms with Crippen molar-refractivity contribution >= 4 is 5.91 Å². The van der Waals surface area contributed by atoms with Crippen LogP contribution in [0.1, 0.15) is 30.0 Å². The predicted octanol–water partition coefficient (Wildman–Crippen LogP) is 3.92. The van der Waals surface area contributed by atoms with Crippen molar-refractivity contribution in [3.8, 4) is 5.69 Å². The average Bonchev–Trinajstić information content (AvgIpc) is 3.33. The van der Waals surface area contributed by atoms with Crippen LogP contribution in [0.25, 0.3) is 5.69 Å². The van der Waals surface area contributed by atoms with Crippen molar-refractivity contribution in [1.82, 2.24) is 14.7 Å². The molecule has 1 aliphatic heterocycles. The molecule has 26 heavy (non-hydrogen) atoms. The molecule has 2 aromatic carbocycles. The first kappa shape index (κ1) is 16.5. The van der Waals surface area contributed by atoms with Gasteiger partial charge in [0.1, 0.15) is 5.82 Å². The van der Waals surface area contributed by atoms with Gasteiger partial charge in [0.2, 0.25) is 5.91 Å². The Morgan fingerprint density at radius 3 is 2.65 bits per heavy atom. The van der Waals surface area contributed by atoms with Crippen LogP contribution >= 0.6 is 0 Å². The predicted molar refractivity (Wildman–Crippen MR) is 97.4 cm³/mol. The first-order chi connectivity index (χ1) is 12.7. The molecule has 1 aliphatic rings. The highest BCUT2D eigenvalue weighted by atomic mass is 19.1. The summed E-state index contributed by atoms with van der Waals surface area (Å²) in [5.74, 6) is -0.164. The number of halogens is 1. The third-order valence-electron chi connectivity index (χ3n) is 4.84. The Kier molecular flexibility index (Phi) is 4.52. The van der Waals surface area contributed by atoms with Crippen molar-refractivity contribution in [2.75, 3.05) is 6.54 Å². The minimum absolute atomic E-state index is 0.0345. The first-order valence-electron chi connectivity index (χ1n) is 8.84. The second-order valence-electron chi connectivity index (χ2n) is 6.60. The van der Waals surface area contributed by atoms with E-state index in [0.29, 0.717) is 6.42 Å². The summed E-state index contributed by atoms with van der Waals surface area (Å²) < 4.78 is 15.0. The van der Waals surface area contributed by atoms with E-state index in [4.69, 9.17) is 0 Å². The van der Waals surface area contributed by atoms with Gasteiger partial charge in [-0.3, -0.25) is 4.79 Å². The molecule has 4 rings (SSSR count). The third kappa shape index (κ3) is 3.38. The number of para-hydroxylation sites is 1. The molecule has 1 unspecified atom stereocenters. The van der Waals surface area contributed by atoms with E-state index < -0.39 is 0 Å². The van der Waals surface area contributed by atoms with Gasteiger partial charge in [0.05, 0.1) is 24.3 Å². The van der Waals surface area contributed by atoms with Crippen LogP contribution in [-0.2, 0) is 11.2 Å². The van der Waals surface area contributed by atoms with Crippen LogP contribution in [0.5, 0.6) is 0 Å². The molecule has 1 fully saturated rings. The summed E-state index contributed by atoms with van der Waals surface area (Å²) in [5.41, 5.74) is 2.86. The molecule has 1 amide bonds. The lowest BCUT2D eigenvalue weighted by Gasteiger charge is -2.25. The SMILES string of the molecule is O=C(Cc1cnn(-c2ccccc2)c1)N1CCCC1c1ccc(F)cc1. The van der Waals surface area contributed by atoms with Crippen molar-refractivity contribution in [3.63, 3.8) is 0 Å². The van der Waals surface area contributed by atoms with Gasteiger partial charge in [0.25, 0.3) is 0 Å². The van der Waals surface area contributed by atoms with Gasteiger partial charge >= 0.3 is 0 Å². The Morgan fingerprint density at radius 1 is 1.12 bits per heavy atom. The number of amides is 1. The topological polar surface area (TPSA) is 38.1 Å². The molecule has 0 N–H and O–H groups in total. The van der Waals surface area contributed by atoms with E-state index in [2.05, 4.69) is 5.10 Å². The fourth-order valence-electron chi connectivity index (χ4n) is 3.55. The number of aromatic nitrogens is 2. The van der Waals surface area contributed by atoms with Gasteiger partial charge in [-0.05, 0) is 48.2 Å². The maximum absolute atomic E-state index is 13.2. The maximum atomic E-state index is 13.2. The highest BCUT2D eigenvalue weighted by molar-refractivity contribution is 5.79. The summed E-state index contributed by atoms with van der Waals surface area (Å²) in [6.45, 7) is 0.744. The lowest BCUT2D eigenvalue weighted by atomic mass is 10.0. The van der Waals surface area contributed by atoms with Crippen LogP contribution in [0.4, 0.5) is 4.39 Å². The molecule has 0 saturated carbocycles. The molecule has 3 aromatic rings. The molecule has 5 heteroatoms. The first-order valence-corrected chi connectivity index (χ1v) is 8.84. The Balaban J connectivity index is 1.47. The van der Waals surface area contributed by atoms with E-state index in [9.17, 15) is 9.18 Å².